The van der Waals surface area contributed by atoms with Gasteiger partial charge in [0.05, 0.1) is 4.90 Å². The first-order valence-electron chi connectivity index (χ1n) is 9.70. The smallest absolute Gasteiger partial charge is 0.255 e. The number of rotatable bonds is 6. The van der Waals surface area contributed by atoms with Crippen LogP contribution in [0.5, 0.6) is 0 Å². The largest absolute Gasteiger partial charge is 0.322 e. The fourth-order valence-electron chi connectivity index (χ4n) is 3.87. The normalized spacial score (nSPS) is 18.8. The van der Waals surface area contributed by atoms with E-state index in [0.29, 0.717) is 16.7 Å². The third kappa shape index (κ3) is 4.08. The van der Waals surface area contributed by atoms with Crippen LogP contribution in [0.2, 0.25) is 0 Å². The van der Waals surface area contributed by atoms with Gasteiger partial charge in [-0.1, -0.05) is 30.3 Å². The van der Waals surface area contributed by atoms with Crippen molar-refractivity contribution in [3.63, 3.8) is 0 Å². The second-order valence-corrected chi connectivity index (χ2v) is 9.19. The minimum atomic E-state index is -3.92. The number of imide groups is 1. The molecule has 0 bridgehead atoms. The summed E-state index contributed by atoms with van der Waals surface area (Å²) in [6.07, 6.45) is 0.439. The maximum Gasteiger partial charge on any atom is 0.255 e. The highest BCUT2D eigenvalue weighted by atomic mass is 32.2. The number of nitrogens with one attached hydrogen (secondary N) is 2. The highest BCUT2D eigenvalue weighted by Crippen LogP contribution is 2.28. The lowest BCUT2D eigenvalue weighted by Gasteiger charge is -2.29. The van der Waals surface area contributed by atoms with E-state index in [-0.39, 0.29) is 48.2 Å². The molecule has 2 aliphatic heterocycles. The van der Waals surface area contributed by atoms with E-state index in [1.54, 1.807) is 24.3 Å². The molecule has 3 amide bonds. The van der Waals surface area contributed by atoms with Crippen LogP contribution in [0.1, 0.15) is 39.9 Å². The molecule has 0 aromatic heterocycles. The number of halogens is 1. The van der Waals surface area contributed by atoms with E-state index in [9.17, 15) is 27.2 Å². The molecule has 0 spiro atoms. The van der Waals surface area contributed by atoms with Crippen molar-refractivity contribution in [3.8, 4) is 0 Å². The number of amides is 3. The van der Waals surface area contributed by atoms with Gasteiger partial charge in [-0.05, 0) is 29.7 Å². The summed E-state index contributed by atoms with van der Waals surface area (Å²) >= 11 is 0. The van der Waals surface area contributed by atoms with Gasteiger partial charge in [0.25, 0.3) is 5.91 Å². The summed E-state index contributed by atoms with van der Waals surface area (Å²) in [4.78, 5) is 37.5. The number of alkyl halides is 1. The van der Waals surface area contributed by atoms with Crippen LogP contribution < -0.4 is 10.0 Å². The summed E-state index contributed by atoms with van der Waals surface area (Å²) in [6.45, 7) is -0.733. The lowest BCUT2D eigenvalue weighted by atomic mass is 10.0. The Morgan fingerprint density at radius 2 is 1.90 bits per heavy atom. The van der Waals surface area contributed by atoms with Crippen molar-refractivity contribution in [2.24, 2.45) is 0 Å². The molecular formula is C21H20FN3O5S. The summed E-state index contributed by atoms with van der Waals surface area (Å²) < 4.78 is 40.8. The Balaban J connectivity index is 1.49. The summed E-state index contributed by atoms with van der Waals surface area (Å²) in [7, 11) is -3.92. The van der Waals surface area contributed by atoms with E-state index < -0.39 is 28.6 Å². The van der Waals surface area contributed by atoms with Gasteiger partial charge in [0.1, 0.15) is 12.7 Å². The summed E-state index contributed by atoms with van der Waals surface area (Å²) in [6, 6.07) is 10.1. The van der Waals surface area contributed by atoms with Crippen LogP contribution >= 0.6 is 0 Å². The Labute approximate surface area is 178 Å². The van der Waals surface area contributed by atoms with Gasteiger partial charge in [-0.25, -0.2) is 17.5 Å². The van der Waals surface area contributed by atoms with Crippen molar-refractivity contribution >= 4 is 27.7 Å². The van der Waals surface area contributed by atoms with Gasteiger partial charge in [0.2, 0.25) is 21.8 Å². The van der Waals surface area contributed by atoms with Crippen LogP contribution in [0.4, 0.5) is 4.39 Å². The molecule has 1 atom stereocenters. The molecule has 8 nitrogen and oxygen atoms in total. The van der Waals surface area contributed by atoms with E-state index in [4.69, 9.17) is 0 Å². The first-order chi connectivity index (χ1) is 14.8. The highest BCUT2D eigenvalue weighted by molar-refractivity contribution is 7.89. The minimum absolute atomic E-state index is 0.0388. The van der Waals surface area contributed by atoms with E-state index in [1.165, 1.54) is 23.1 Å². The molecule has 1 saturated heterocycles. The molecule has 2 aromatic carbocycles. The maximum absolute atomic E-state index is 13.1. The Bertz CT molecular complexity index is 1180. The lowest BCUT2D eigenvalue weighted by molar-refractivity contribution is -0.136. The van der Waals surface area contributed by atoms with Gasteiger partial charge in [0.15, 0.2) is 0 Å². The minimum Gasteiger partial charge on any atom is -0.322 e. The molecule has 1 unspecified atom stereocenters. The molecule has 10 heteroatoms. The van der Waals surface area contributed by atoms with Gasteiger partial charge in [0, 0.05) is 30.6 Å². The predicted molar refractivity (Wildman–Crippen MR) is 108 cm³/mol. The second kappa shape index (κ2) is 8.20. The fourth-order valence-corrected chi connectivity index (χ4v) is 5.11. The van der Waals surface area contributed by atoms with Crippen molar-refractivity contribution in [1.82, 2.24) is 14.9 Å². The number of carbonyl (C=O) groups excluding carboxylic acids is 3. The average molecular weight is 445 g/mol. The first kappa shape index (κ1) is 21.1. The molecule has 1 fully saturated rings. The van der Waals surface area contributed by atoms with Gasteiger partial charge in [-0.3, -0.25) is 19.7 Å². The standard InChI is InChI=1S/C21H20FN3O5S/c22-10-14-3-1-2-4-18(14)31(29,30)23-11-13-5-6-16-15(9-13)12-25(21(16)28)17-7-8-19(26)24-20(17)27/h1-6,9,17,23H,7-8,10-12H2,(H,24,26,27). The van der Waals surface area contributed by atoms with Gasteiger partial charge >= 0.3 is 0 Å². The summed E-state index contributed by atoms with van der Waals surface area (Å²) in [5.74, 6) is -1.14. The van der Waals surface area contributed by atoms with Crippen molar-refractivity contribution in [3.05, 3.63) is 64.7 Å². The third-order valence-corrected chi connectivity index (χ3v) is 6.96. The molecule has 2 aromatic rings. The zero-order valence-corrected chi connectivity index (χ0v) is 17.2. The zero-order valence-electron chi connectivity index (χ0n) is 16.4. The number of hydrogen-bond acceptors (Lipinski definition) is 5. The Kier molecular flexibility index (Phi) is 5.59. The highest BCUT2D eigenvalue weighted by Gasteiger charge is 2.39. The van der Waals surface area contributed by atoms with Gasteiger partial charge in [-0.15, -0.1) is 0 Å². The molecule has 0 saturated carbocycles. The second-order valence-electron chi connectivity index (χ2n) is 7.46. The molecular weight excluding hydrogens is 425 g/mol. The van der Waals surface area contributed by atoms with Crippen LogP contribution in [0.25, 0.3) is 0 Å². The van der Waals surface area contributed by atoms with Crippen molar-refractivity contribution < 1.29 is 27.2 Å². The number of nitrogens with zero attached hydrogens (tertiary/aromatic N) is 1. The fraction of sp³-hybridized carbons (Fsp3) is 0.286. The van der Waals surface area contributed by atoms with Gasteiger partial charge < -0.3 is 4.90 Å². The zero-order chi connectivity index (χ0) is 22.2. The molecule has 162 valence electrons. The van der Waals surface area contributed by atoms with E-state index in [1.807, 2.05) is 0 Å². The number of sulfonamides is 1. The summed E-state index contributed by atoms with van der Waals surface area (Å²) in [5, 5.41) is 2.25. The SMILES string of the molecule is O=C1CCC(N2Cc3cc(CNS(=O)(=O)c4ccccc4CF)ccc3C2=O)C(=O)N1. The molecule has 0 aliphatic carbocycles. The first-order valence-corrected chi connectivity index (χ1v) is 11.2. The Morgan fingerprint density at radius 1 is 1.13 bits per heavy atom. The number of hydrogen-bond donors (Lipinski definition) is 2. The molecule has 4 rings (SSSR count). The number of carbonyl (C=O) groups is 3. The van der Waals surface area contributed by atoms with Crippen LogP contribution in [-0.2, 0) is 39.4 Å². The molecule has 31 heavy (non-hydrogen) atoms. The molecule has 2 heterocycles. The van der Waals surface area contributed by atoms with Crippen LogP contribution in [0.15, 0.2) is 47.4 Å². The number of piperidine rings is 1. The van der Waals surface area contributed by atoms with Crippen LogP contribution in [-0.4, -0.2) is 37.1 Å². The Hall–Kier alpha value is -3.11. The van der Waals surface area contributed by atoms with Crippen molar-refractivity contribution in [2.45, 2.75) is 43.5 Å². The maximum atomic E-state index is 13.1. The quantitative estimate of drug-likeness (QED) is 0.653. The number of fused-ring (bicyclic) bond motifs is 1. The monoisotopic (exact) mass is 445 g/mol. The Morgan fingerprint density at radius 3 is 2.65 bits per heavy atom. The predicted octanol–water partition coefficient (Wildman–Crippen LogP) is 1.40. The van der Waals surface area contributed by atoms with E-state index >= 15 is 0 Å². The van der Waals surface area contributed by atoms with E-state index in [2.05, 4.69) is 10.0 Å². The molecule has 2 N–H and O–H groups in total. The number of benzene rings is 2. The molecule has 0 radical (unpaired) electrons. The van der Waals surface area contributed by atoms with Crippen molar-refractivity contribution in [1.29, 1.82) is 0 Å². The van der Waals surface area contributed by atoms with Gasteiger partial charge in [-0.2, -0.15) is 0 Å². The van der Waals surface area contributed by atoms with Crippen molar-refractivity contribution in [2.75, 3.05) is 0 Å². The third-order valence-electron chi connectivity index (χ3n) is 5.46. The van der Waals surface area contributed by atoms with Crippen LogP contribution in [0, 0.1) is 0 Å². The van der Waals surface area contributed by atoms with E-state index in [0.717, 1.165) is 0 Å². The summed E-state index contributed by atoms with van der Waals surface area (Å²) in [5.41, 5.74) is 1.82. The lowest BCUT2D eigenvalue weighted by Crippen LogP contribution is -2.52. The topological polar surface area (TPSA) is 113 Å². The average Bonchev–Trinajstić information content (AvgIpc) is 3.08. The van der Waals surface area contributed by atoms with Crippen LogP contribution in [0.3, 0.4) is 0 Å². The molecule has 2 aliphatic rings.